The predicted molar refractivity (Wildman–Crippen MR) is 66.5 cm³/mol. The van der Waals surface area contributed by atoms with Crippen LogP contribution >= 0.6 is 11.3 Å². The molecule has 2 heterocycles. The molecule has 90 valence electrons. The Balaban J connectivity index is 1.94. The van der Waals surface area contributed by atoms with Gasteiger partial charge in [0.1, 0.15) is 17.0 Å². The number of rotatable bonds is 3. The zero-order chi connectivity index (χ0) is 11.7. The lowest BCUT2D eigenvalue weighted by Crippen LogP contribution is -2.05. The molecule has 3 rings (SSSR count). The van der Waals surface area contributed by atoms with Crippen molar-refractivity contribution in [3.8, 4) is 11.5 Å². The molecule has 0 radical (unpaired) electrons. The number of hydrogen-bond donors (Lipinski definition) is 1. The molecular formula is C11H15N5S. The summed E-state index contributed by atoms with van der Waals surface area (Å²) in [5.41, 5.74) is 6.48. The van der Waals surface area contributed by atoms with Crippen LogP contribution in [0.4, 0.5) is 0 Å². The third-order valence-electron chi connectivity index (χ3n) is 3.25. The molecule has 0 saturated heterocycles. The third-order valence-corrected chi connectivity index (χ3v) is 4.12. The maximum atomic E-state index is 5.58. The highest BCUT2D eigenvalue weighted by molar-refractivity contribution is 7.09. The van der Waals surface area contributed by atoms with Gasteiger partial charge in [0.25, 0.3) is 0 Å². The Bertz CT molecular complexity index is 497. The van der Waals surface area contributed by atoms with Crippen molar-refractivity contribution in [3.05, 3.63) is 16.7 Å². The molecule has 1 fully saturated rings. The molecular weight excluding hydrogens is 234 g/mol. The normalized spacial score (nSPS) is 16.8. The van der Waals surface area contributed by atoms with Crippen molar-refractivity contribution in [1.29, 1.82) is 0 Å². The van der Waals surface area contributed by atoms with E-state index in [1.807, 2.05) is 11.7 Å². The van der Waals surface area contributed by atoms with Crippen LogP contribution in [0.2, 0.25) is 0 Å². The maximum absolute atomic E-state index is 5.58. The minimum absolute atomic E-state index is 0.488. The van der Waals surface area contributed by atoms with E-state index in [9.17, 15) is 0 Å². The predicted octanol–water partition coefficient (Wildman–Crippen LogP) is 1.98. The molecule has 1 saturated carbocycles. The average molecular weight is 249 g/mol. The van der Waals surface area contributed by atoms with Crippen LogP contribution in [0.3, 0.4) is 0 Å². The van der Waals surface area contributed by atoms with E-state index in [4.69, 9.17) is 5.73 Å². The molecule has 2 aromatic heterocycles. The van der Waals surface area contributed by atoms with Crippen LogP contribution in [0.1, 0.15) is 36.7 Å². The quantitative estimate of drug-likeness (QED) is 0.903. The first-order valence-corrected chi connectivity index (χ1v) is 6.81. The van der Waals surface area contributed by atoms with Crippen molar-refractivity contribution in [2.45, 2.75) is 38.3 Å². The van der Waals surface area contributed by atoms with E-state index in [1.165, 1.54) is 25.7 Å². The Hall–Kier alpha value is -1.27. The molecule has 0 spiro atoms. The van der Waals surface area contributed by atoms with E-state index in [2.05, 4.69) is 19.7 Å². The third kappa shape index (κ3) is 1.98. The summed E-state index contributed by atoms with van der Waals surface area (Å²) in [5, 5.41) is 11.2. The monoisotopic (exact) mass is 249 g/mol. The highest BCUT2D eigenvalue weighted by Crippen LogP contribution is 2.32. The van der Waals surface area contributed by atoms with Gasteiger partial charge in [0.2, 0.25) is 0 Å². The first kappa shape index (κ1) is 10.9. The fourth-order valence-corrected chi connectivity index (χ4v) is 3.04. The summed E-state index contributed by atoms with van der Waals surface area (Å²) >= 11 is 1.58. The van der Waals surface area contributed by atoms with Crippen molar-refractivity contribution in [2.24, 2.45) is 5.73 Å². The summed E-state index contributed by atoms with van der Waals surface area (Å²) in [6.07, 6.45) is 6.87. The zero-order valence-electron chi connectivity index (χ0n) is 9.54. The van der Waals surface area contributed by atoms with Crippen molar-refractivity contribution in [3.63, 3.8) is 0 Å². The molecule has 5 nitrogen and oxygen atoms in total. The van der Waals surface area contributed by atoms with Gasteiger partial charge in [-0.1, -0.05) is 12.8 Å². The number of aromatic nitrogens is 4. The molecule has 1 aliphatic carbocycles. The van der Waals surface area contributed by atoms with Crippen LogP contribution in [0.5, 0.6) is 0 Å². The average Bonchev–Trinajstić information content (AvgIpc) is 3.09. The van der Waals surface area contributed by atoms with Crippen molar-refractivity contribution in [2.75, 3.05) is 0 Å². The highest BCUT2D eigenvalue weighted by Gasteiger charge is 2.21. The second-order valence-corrected chi connectivity index (χ2v) is 5.27. The molecule has 2 N–H and O–H groups in total. The molecule has 0 atom stereocenters. The number of nitrogens with zero attached hydrogens (tertiary/aromatic N) is 4. The van der Waals surface area contributed by atoms with Gasteiger partial charge in [-0.25, -0.2) is 4.98 Å². The molecule has 0 bridgehead atoms. The van der Waals surface area contributed by atoms with Gasteiger partial charge in [0.15, 0.2) is 5.82 Å². The molecule has 6 heteroatoms. The minimum Gasteiger partial charge on any atom is -0.325 e. The van der Waals surface area contributed by atoms with Crippen LogP contribution < -0.4 is 5.73 Å². The summed E-state index contributed by atoms with van der Waals surface area (Å²) in [6, 6.07) is 0.544. The van der Waals surface area contributed by atoms with Gasteiger partial charge in [0.05, 0.1) is 0 Å². The van der Waals surface area contributed by atoms with Crippen molar-refractivity contribution in [1.82, 2.24) is 19.7 Å². The van der Waals surface area contributed by atoms with E-state index in [0.717, 1.165) is 16.5 Å². The fourth-order valence-electron chi connectivity index (χ4n) is 2.38. The Labute approximate surface area is 104 Å². The van der Waals surface area contributed by atoms with E-state index < -0.39 is 0 Å². The van der Waals surface area contributed by atoms with Crippen LogP contribution in [0.25, 0.3) is 11.5 Å². The first-order chi connectivity index (χ1) is 8.38. The van der Waals surface area contributed by atoms with Gasteiger partial charge in [-0.2, -0.15) is 0 Å². The Morgan fingerprint density at radius 3 is 2.94 bits per heavy atom. The molecule has 0 unspecified atom stereocenters. The van der Waals surface area contributed by atoms with E-state index in [-0.39, 0.29) is 0 Å². The Morgan fingerprint density at radius 1 is 1.41 bits per heavy atom. The molecule has 0 aliphatic heterocycles. The van der Waals surface area contributed by atoms with Crippen molar-refractivity contribution < 1.29 is 0 Å². The zero-order valence-corrected chi connectivity index (χ0v) is 10.4. The summed E-state index contributed by atoms with van der Waals surface area (Å²) in [5.74, 6) is 0.882. The SMILES string of the molecule is NCc1nc(-c2nncn2C2CCCC2)cs1. The first-order valence-electron chi connectivity index (χ1n) is 5.93. The Kier molecular flexibility index (Phi) is 2.90. The van der Waals surface area contributed by atoms with Gasteiger partial charge in [-0.3, -0.25) is 0 Å². The van der Waals surface area contributed by atoms with E-state index >= 15 is 0 Å². The fraction of sp³-hybridized carbons (Fsp3) is 0.545. The largest absolute Gasteiger partial charge is 0.325 e. The second kappa shape index (κ2) is 4.54. The van der Waals surface area contributed by atoms with Gasteiger partial charge >= 0.3 is 0 Å². The molecule has 17 heavy (non-hydrogen) atoms. The standard InChI is InChI=1S/C11H15N5S/c12-5-10-14-9(6-17-10)11-15-13-7-16(11)8-3-1-2-4-8/h6-8H,1-5,12H2. The van der Waals surface area contributed by atoms with Gasteiger partial charge in [0, 0.05) is 18.0 Å². The Morgan fingerprint density at radius 2 is 2.24 bits per heavy atom. The minimum atomic E-state index is 0.488. The van der Waals surface area contributed by atoms with Gasteiger partial charge in [-0.15, -0.1) is 21.5 Å². The topological polar surface area (TPSA) is 69.6 Å². The molecule has 0 aromatic carbocycles. The lowest BCUT2D eigenvalue weighted by atomic mass is 10.2. The number of hydrogen-bond acceptors (Lipinski definition) is 5. The van der Waals surface area contributed by atoms with Gasteiger partial charge < -0.3 is 10.3 Å². The summed E-state index contributed by atoms with van der Waals surface area (Å²) in [7, 11) is 0. The summed E-state index contributed by atoms with van der Waals surface area (Å²) in [6.45, 7) is 0.488. The van der Waals surface area contributed by atoms with Crippen molar-refractivity contribution >= 4 is 11.3 Å². The smallest absolute Gasteiger partial charge is 0.183 e. The molecule has 1 aliphatic rings. The summed E-state index contributed by atoms with van der Waals surface area (Å²) < 4.78 is 2.17. The molecule has 2 aromatic rings. The summed E-state index contributed by atoms with van der Waals surface area (Å²) in [4.78, 5) is 4.47. The van der Waals surface area contributed by atoms with E-state index in [0.29, 0.717) is 12.6 Å². The van der Waals surface area contributed by atoms with Crippen LogP contribution in [0.15, 0.2) is 11.7 Å². The highest BCUT2D eigenvalue weighted by atomic mass is 32.1. The lowest BCUT2D eigenvalue weighted by molar-refractivity contribution is 0.521. The van der Waals surface area contributed by atoms with Crippen LogP contribution in [-0.2, 0) is 6.54 Å². The number of nitrogens with two attached hydrogens (primary N) is 1. The molecule has 0 amide bonds. The maximum Gasteiger partial charge on any atom is 0.183 e. The van der Waals surface area contributed by atoms with Crippen LogP contribution in [-0.4, -0.2) is 19.7 Å². The lowest BCUT2D eigenvalue weighted by Gasteiger charge is -2.12. The van der Waals surface area contributed by atoms with E-state index in [1.54, 1.807) is 11.3 Å². The van der Waals surface area contributed by atoms with Gasteiger partial charge in [-0.05, 0) is 12.8 Å². The number of thiazole rings is 1. The van der Waals surface area contributed by atoms with Crippen LogP contribution in [0, 0.1) is 0 Å². The second-order valence-electron chi connectivity index (χ2n) is 4.33.